The van der Waals surface area contributed by atoms with Gasteiger partial charge in [-0.25, -0.2) is 0 Å². The molecule has 61 heavy (non-hydrogen) atoms. The number of fused-ring (bicyclic) bond motifs is 1. The summed E-state index contributed by atoms with van der Waals surface area (Å²) in [5.74, 6) is -1.22. The van der Waals surface area contributed by atoms with Crippen molar-refractivity contribution in [1.29, 1.82) is 5.41 Å². The molecule has 0 fully saturated rings. The van der Waals surface area contributed by atoms with Gasteiger partial charge in [-0.1, -0.05) is 11.8 Å². The summed E-state index contributed by atoms with van der Waals surface area (Å²) in [4.78, 5) is 8.14. The van der Waals surface area contributed by atoms with Crippen LogP contribution in [-0.2, 0) is 34.8 Å². The minimum Gasteiger partial charge on any atom is -0.870 e. The molecule has 0 amide bonds. The van der Waals surface area contributed by atoms with E-state index < -0.39 is 78.9 Å². The summed E-state index contributed by atoms with van der Waals surface area (Å²) in [6, 6.07) is 10.8. The Bertz CT molecular complexity index is 2980. The van der Waals surface area contributed by atoms with E-state index in [9.17, 15) is 49.9 Å². The third-order valence-corrected chi connectivity index (χ3v) is 11.1. The van der Waals surface area contributed by atoms with Crippen LogP contribution in [0.5, 0.6) is 5.75 Å². The number of nitrogens with two attached hydrogens (primary N) is 1. The predicted molar refractivity (Wildman–Crippen MR) is 217 cm³/mol. The maximum absolute atomic E-state index is 13.8. The monoisotopic (exact) mass is 874 g/mol. The minimum atomic E-state index is -5.11. The summed E-state index contributed by atoms with van der Waals surface area (Å²) in [6.45, 7) is 0. The molecule has 0 aliphatic heterocycles. The van der Waals surface area contributed by atoms with Gasteiger partial charge in [0.2, 0.25) is 0 Å². The van der Waals surface area contributed by atoms with Crippen molar-refractivity contribution in [3.63, 3.8) is 0 Å². The molecule has 0 bridgehead atoms. The van der Waals surface area contributed by atoms with E-state index in [0.29, 0.717) is 5.71 Å². The van der Waals surface area contributed by atoms with Crippen LogP contribution in [0.2, 0.25) is 0 Å². The van der Waals surface area contributed by atoms with Crippen molar-refractivity contribution in [3.05, 3.63) is 125 Å². The molecule has 2 aliphatic carbocycles. The van der Waals surface area contributed by atoms with Gasteiger partial charge in [0.1, 0.15) is 10.6 Å². The Morgan fingerprint density at radius 1 is 0.852 bits per heavy atom. The average molecular weight is 875 g/mol. The molecule has 0 aromatic heterocycles. The van der Waals surface area contributed by atoms with Crippen LogP contribution in [-0.4, -0.2) is 58.3 Å². The number of nitrogen functional groups attached to an aromatic ring is 1. The fourth-order valence-corrected chi connectivity index (χ4v) is 7.58. The molecular formula is C34H26Li2N11O11S3+. The molecule has 4 aromatic rings. The molecule has 0 spiro atoms. The van der Waals surface area contributed by atoms with E-state index in [2.05, 4.69) is 35.7 Å². The third kappa shape index (κ3) is 11.0. The third-order valence-electron chi connectivity index (χ3n) is 8.04. The largest absolute Gasteiger partial charge is 1.00 e. The van der Waals surface area contributed by atoms with Crippen molar-refractivity contribution in [3.8, 4) is 5.75 Å². The van der Waals surface area contributed by atoms with E-state index >= 15 is 0 Å². The molecule has 0 radical (unpaired) electrons. The molecule has 6 rings (SSSR count). The number of rotatable bonds is 11. The minimum absolute atomic E-state index is 0. The number of allylic oxidation sites excluding steroid dienone is 7. The number of hydrogen-bond acceptors (Lipinski definition) is 16. The molecule has 0 saturated carbocycles. The van der Waals surface area contributed by atoms with Crippen LogP contribution in [0.15, 0.2) is 148 Å². The molecule has 9 N–H and O–H groups in total. The van der Waals surface area contributed by atoms with Crippen molar-refractivity contribution in [1.82, 2.24) is 0 Å². The quantitative estimate of drug-likeness (QED) is 0.0151. The van der Waals surface area contributed by atoms with Gasteiger partial charge in [0.05, 0.1) is 55.4 Å². The molecular weight excluding hydrogens is 849 g/mol. The number of non-ortho nitro benzene ring substituents is 1. The SMILES string of the molecule is N=C1C=CC(=NN=C2C=CC(=NS(=O)(=O)c3ccc(N=Nc4c([S+](=O)(O)O)cc5cc(S(=O)(=O)O)c(NNc6ccc([N+](=O)[O-])cc6)c(N)c5c4[O-])cc3)C=C2)C([NH-])=C1.[Li+].[Li+]. The van der Waals surface area contributed by atoms with E-state index in [1.165, 1.54) is 66.8 Å². The van der Waals surface area contributed by atoms with Crippen LogP contribution in [0.1, 0.15) is 0 Å². The fraction of sp³-hybridized carbons (Fsp3) is 0. The fourth-order valence-electron chi connectivity index (χ4n) is 5.24. The number of sulfonamides is 1. The molecule has 0 unspecified atom stereocenters. The topological polar surface area (TPSA) is 372 Å². The Morgan fingerprint density at radius 3 is 2.05 bits per heavy atom. The van der Waals surface area contributed by atoms with Crippen LogP contribution in [0.25, 0.3) is 16.5 Å². The van der Waals surface area contributed by atoms with Crippen LogP contribution in [0.4, 0.5) is 34.1 Å². The maximum atomic E-state index is 13.8. The number of benzene rings is 4. The van der Waals surface area contributed by atoms with Gasteiger partial charge in [-0.3, -0.25) is 20.1 Å². The summed E-state index contributed by atoms with van der Waals surface area (Å²) in [5, 5.41) is 47.0. The van der Waals surface area contributed by atoms with Gasteiger partial charge in [0, 0.05) is 23.6 Å². The Morgan fingerprint density at radius 2 is 1.48 bits per heavy atom. The van der Waals surface area contributed by atoms with E-state index in [4.69, 9.17) is 16.9 Å². The zero-order valence-corrected chi connectivity index (χ0v) is 33.9. The number of nitro benzene ring substituents is 1. The first-order valence-corrected chi connectivity index (χ1v) is 20.5. The molecule has 0 saturated heterocycles. The number of anilines is 3. The molecule has 302 valence electrons. The second-order valence-electron chi connectivity index (χ2n) is 12.0. The standard InChI is InChI=1S/C34H27N11O11S3.2Li/c35-19-1-14-27(26(36)17-19)41-38-20-2-4-23(5-3-20)44-57(49,50)25-12-8-22(9-13-25)40-43-33-29(59(54,55)56)16-18-15-28(58(51,52)53)32(31(37)30(18)34(33)46)42-39-21-6-10-24(11-7-21)45(47)48;;/h1-17H,(H10-,35,36,37,38,39,40,41,42,43,44,46,51,52,53,54,55,56);;/q;2*+1/p-1. The number of hydrazine groups is 1. The van der Waals surface area contributed by atoms with Crippen LogP contribution in [0.3, 0.4) is 0 Å². The first-order valence-electron chi connectivity index (χ1n) is 16.1. The Labute approximate surface area is 370 Å². The van der Waals surface area contributed by atoms with E-state index in [0.717, 1.165) is 36.4 Å². The second-order valence-corrected chi connectivity index (χ2v) is 16.5. The predicted octanol–water partition coefficient (Wildman–Crippen LogP) is -0.104. The van der Waals surface area contributed by atoms with E-state index in [-0.39, 0.29) is 82.5 Å². The van der Waals surface area contributed by atoms with Crippen LogP contribution in [0, 0.1) is 15.5 Å². The molecule has 27 heteroatoms. The number of nitrogens with one attached hydrogen (secondary N) is 4. The first kappa shape index (κ1) is 47.6. The van der Waals surface area contributed by atoms with E-state index in [1.54, 1.807) is 0 Å². The molecule has 2 aliphatic rings. The Hall–Kier alpha value is -6.10. The van der Waals surface area contributed by atoms with E-state index in [1.807, 2.05) is 0 Å². The number of hydrogen-bond donors (Lipinski definition) is 7. The van der Waals surface area contributed by atoms with Crippen LogP contribution < -0.4 is 59.4 Å². The van der Waals surface area contributed by atoms with Gasteiger partial charge in [0.15, 0.2) is 0 Å². The van der Waals surface area contributed by atoms with Gasteiger partial charge < -0.3 is 27.4 Å². The summed E-state index contributed by atoms with van der Waals surface area (Å²) >= 11 is 0. The summed E-state index contributed by atoms with van der Waals surface area (Å²) in [6.07, 6.45) is 9.86. The van der Waals surface area contributed by atoms with Gasteiger partial charge in [0.25, 0.3) is 30.7 Å². The Kier molecular flexibility index (Phi) is 14.6. The molecule has 0 atom stereocenters. The van der Waals surface area contributed by atoms with Crippen molar-refractivity contribution in [2.45, 2.75) is 14.7 Å². The number of nitro groups is 1. The van der Waals surface area contributed by atoms with Gasteiger partial charge in [-0.15, -0.1) is 10.8 Å². The maximum Gasteiger partial charge on any atom is 1.00 e. The number of nitrogens with zero attached hydrogens (tertiary/aromatic N) is 6. The zero-order chi connectivity index (χ0) is 42.9. The second kappa shape index (κ2) is 18.7. The van der Waals surface area contributed by atoms with Crippen molar-refractivity contribution >= 4 is 98.4 Å². The average Bonchev–Trinajstić information content (AvgIpc) is 3.16. The van der Waals surface area contributed by atoms with Gasteiger partial charge in [-0.2, -0.15) is 45.7 Å². The Balaban J connectivity index is 0.00000410. The summed E-state index contributed by atoms with van der Waals surface area (Å²) < 4.78 is 97.4. The van der Waals surface area contributed by atoms with Gasteiger partial charge in [-0.05, 0) is 88.5 Å². The molecule has 22 nitrogen and oxygen atoms in total. The van der Waals surface area contributed by atoms with Crippen LogP contribution >= 0.6 is 0 Å². The van der Waals surface area contributed by atoms with Crippen molar-refractivity contribution < 1.29 is 82.5 Å². The molecule has 0 heterocycles. The normalized spacial score (nSPS) is 14.7. The van der Waals surface area contributed by atoms with Crippen molar-refractivity contribution in [2.75, 3.05) is 16.6 Å². The smallest absolute Gasteiger partial charge is 0.870 e. The molecule has 4 aromatic carbocycles. The van der Waals surface area contributed by atoms with Crippen molar-refractivity contribution in [2.24, 2.45) is 24.8 Å². The summed E-state index contributed by atoms with van der Waals surface area (Å²) in [7, 11) is -14.4. The first-order chi connectivity index (χ1) is 27.7. The zero-order valence-electron chi connectivity index (χ0n) is 31.4. The number of azo groups is 1. The summed E-state index contributed by atoms with van der Waals surface area (Å²) in [5.41, 5.74) is 17.5. The van der Waals surface area contributed by atoms with Gasteiger partial charge >= 0.3 is 48.2 Å².